The number of carbonyl (C=O) groups excluding carboxylic acids is 1. The van der Waals surface area contributed by atoms with E-state index >= 15 is 0 Å². The van der Waals surface area contributed by atoms with E-state index in [1.807, 2.05) is 25.1 Å². The number of rotatable bonds is 8. The van der Waals surface area contributed by atoms with Crippen molar-refractivity contribution < 1.29 is 4.79 Å². The summed E-state index contributed by atoms with van der Waals surface area (Å²) in [7, 11) is 2.06. The minimum Gasteiger partial charge on any atom is -0.375 e. The van der Waals surface area contributed by atoms with Gasteiger partial charge in [-0.25, -0.2) is 0 Å². The maximum atomic E-state index is 11.6. The number of anilines is 1. The molecule has 106 valence electrons. The molecule has 0 heterocycles. The van der Waals surface area contributed by atoms with Gasteiger partial charge in [-0.2, -0.15) is 0 Å². The zero-order chi connectivity index (χ0) is 14.1. The Morgan fingerprint density at radius 1 is 1.37 bits per heavy atom. The molecule has 0 aliphatic carbocycles. The first-order valence-corrected chi connectivity index (χ1v) is 6.94. The lowest BCUT2D eigenvalue weighted by Gasteiger charge is -2.19. The van der Waals surface area contributed by atoms with Crippen molar-refractivity contribution in [3.8, 4) is 0 Å². The zero-order valence-electron chi connectivity index (χ0n) is 11.9. The van der Waals surface area contributed by atoms with Gasteiger partial charge in [0.2, 0.25) is 5.91 Å². The first-order chi connectivity index (χ1) is 9.15. The molecule has 1 aromatic rings. The predicted octanol–water partition coefficient (Wildman–Crippen LogP) is 1.76. The highest BCUT2D eigenvalue weighted by molar-refractivity contribution is 5.81. The molecule has 19 heavy (non-hydrogen) atoms. The van der Waals surface area contributed by atoms with Crippen LogP contribution in [0.4, 0.5) is 5.69 Å². The van der Waals surface area contributed by atoms with E-state index < -0.39 is 0 Å². The molecule has 0 aliphatic heterocycles. The molecule has 4 nitrogen and oxygen atoms in total. The van der Waals surface area contributed by atoms with Gasteiger partial charge in [0.15, 0.2) is 0 Å². The second kappa shape index (κ2) is 8.53. The van der Waals surface area contributed by atoms with Crippen molar-refractivity contribution in [1.82, 2.24) is 5.32 Å². The molecule has 0 aromatic heterocycles. The Balaban J connectivity index is 2.19. The van der Waals surface area contributed by atoms with Gasteiger partial charge < -0.3 is 16.0 Å². The number of nitrogens with two attached hydrogens (primary N) is 1. The lowest BCUT2D eigenvalue weighted by atomic mass is 10.1. The summed E-state index contributed by atoms with van der Waals surface area (Å²) >= 11 is 0. The highest BCUT2D eigenvalue weighted by Gasteiger charge is 2.10. The Kier molecular flexibility index (Phi) is 6.97. The van der Waals surface area contributed by atoms with Crippen LogP contribution in [-0.4, -0.2) is 32.1 Å². The number of hydrogen-bond acceptors (Lipinski definition) is 3. The van der Waals surface area contributed by atoms with Crippen molar-refractivity contribution >= 4 is 11.6 Å². The number of nitrogens with one attached hydrogen (secondary N) is 1. The van der Waals surface area contributed by atoms with E-state index in [0.717, 1.165) is 25.8 Å². The van der Waals surface area contributed by atoms with E-state index in [9.17, 15) is 4.79 Å². The molecule has 0 spiro atoms. The SMILES string of the molecule is CCCC(N)C(=O)NCCCN(C)c1ccccc1. The largest absolute Gasteiger partial charge is 0.375 e. The van der Waals surface area contributed by atoms with Crippen LogP contribution in [0.3, 0.4) is 0 Å². The average molecular weight is 263 g/mol. The van der Waals surface area contributed by atoms with Crippen molar-refractivity contribution in [2.75, 3.05) is 25.0 Å². The Morgan fingerprint density at radius 3 is 2.68 bits per heavy atom. The number of carbonyl (C=O) groups is 1. The minimum absolute atomic E-state index is 0.0378. The van der Waals surface area contributed by atoms with Crippen LogP contribution in [0.25, 0.3) is 0 Å². The standard InChI is InChI=1S/C15H25N3O/c1-3-8-14(16)15(19)17-11-7-12-18(2)13-9-5-4-6-10-13/h4-6,9-10,14H,3,7-8,11-12,16H2,1-2H3,(H,17,19). The van der Waals surface area contributed by atoms with Crippen molar-refractivity contribution in [2.45, 2.75) is 32.2 Å². The monoisotopic (exact) mass is 263 g/mol. The predicted molar refractivity (Wildman–Crippen MR) is 80.2 cm³/mol. The molecule has 3 N–H and O–H groups in total. The van der Waals surface area contributed by atoms with Crippen LogP contribution in [0.2, 0.25) is 0 Å². The van der Waals surface area contributed by atoms with E-state index in [-0.39, 0.29) is 11.9 Å². The van der Waals surface area contributed by atoms with Crippen molar-refractivity contribution in [3.63, 3.8) is 0 Å². The maximum Gasteiger partial charge on any atom is 0.236 e. The molecule has 1 aromatic carbocycles. The van der Waals surface area contributed by atoms with Gasteiger partial charge in [0.1, 0.15) is 0 Å². The van der Waals surface area contributed by atoms with E-state index in [0.29, 0.717) is 6.54 Å². The smallest absolute Gasteiger partial charge is 0.236 e. The van der Waals surface area contributed by atoms with Gasteiger partial charge in [0.25, 0.3) is 0 Å². The van der Waals surface area contributed by atoms with Crippen LogP contribution in [-0.2, 0) is 4.79 Å². The highest BCUT2D eigenvalue weighted by atomic mass is 16.2. The van der Waals surface area contributed by atoms with Gasteiger partial charge in [0, 0.05) is 25.8 Å². The molecule has 1 amide bonds. The van der Waals surface area contributed by atoms with Crippen LogP contribution in [0.15, 0.2) is 30.3 Å². The summed E-state index contributed by atoms with van der Waals surface area (Å²) in [4.78, 5) is 13.8. The molecular formula is C15H25N3O. The van der Waals surface area contributed by atoms with Gasteiger partial charge in [-0.3, -0.25) is 4.79 Å². The van der Waals surface area contributed by atoms with Gasteiger partial charge >= 0.3 is 0 Å². The fourth-order valence-electron chi connectivity index (χ4n) is 1.91. The van der Waals surface area contributed by atoms with Gasteiger partial charge in [-0.1, -0.05) is 31.5 Å². The third kappa shape index (κ3) is 5.75. The Labute approximate surface area is 116 Å². The molecule has 1 atom stereocenters. The Hall–Kier alpha value is -1.55. The molecule has 1 unspecified atom stereocenters. The summed E-state index contributed by atoms with van der Waals surface area (Å²) in [6.07, 6.45) is 2.59. The molecule has 0 saturated heterocycles. The first kappa shape index (κ1) is 15.5. The van der Waals surface area contributed by atoms with Crippen LogP contribution in [0.5, 0.6) is 0 Å². The van der Waals surface area contributed by atoms with Crippen LogP contribution in [0.1, 0.15) is 26.2 Å². The number of para-hydroxylation sites is 1. The van der Waals surface area contributed by atoms with E-state index in [2.05, 4.69) is 29.4 Å². The van der Waals surface area contributed by atoms with Crippen LogP contribution >= 0.6 is 0 Å². The van der Waals surface area contributed by atoms with E-state index in [1.54, 1.807) is 0 Å². The second-order valence-electron chi connectivity index (χ2n) is 4.80. The van der Waals surface area contributed by atoms with E-state index in [4.69, 9.17) is 5.73 Å². The third-order valence-electron chi connectivity index (χ3n) is 3.10. The third-order valence-corrected chi connectivity index (χ3v) is 3.10. The quantitative estimate of drug-likeness (QED) is 0.703. The maximum absolute atomic E-state index is 11.6. The van der Waals surface area contributed by atoms with Gasteiger partial charge in [-0.05, 0) is 25.0 Å². The molecule has 0 radical (unpaired) electrons. The summed E-state index contributed by atoms with van der Waals surface area (Å²) in [6, 6.07) is 9.85. The molecule has 0 saturated carbocycles. The van der Waals surface area contributed by atoms with Crippen LogP contribution in [0, 0.1) is 0 Å². The second-order valence-corrected chi connectivity index (χ2v) is 4.80. The summed E-state index contributed by atoms with van der Waals surface area (Å²) in [5, 5.41) is 2.88. The van der Waals surface area contributed by atoms with E-state index in [1.165, 1.54) is 5.69 Å². The molecule has 0 aliphatic rings. The van der Waals surface area contributed by atoms with Crippen LogP contribution < -0.4 is 16.0 Å². The summed E-state index contributed by atoms with van der Waals surface area (Å²) in [6.45, 7) is 3.61. The highest BCUT2D eigenvalue weighted by Crippen LogP contribution is 2.10. The lowest BCUT2D eigenvalue weighted by Crippen LogP contribution is -2.41. The normalized spacial score (nSPS) is 11.9. The van der Waals surface area contributed by atoms with Crippen molar-refractivity contribution in [3.05, 3.63) is 30.3 Å². The van der Waals surface area contributed by atoms with Crippen molar-refractivity contribution in [1.29, 1.82) is 0 Å². The average Bonchev–Trinajstić information content (AvgIpc) is 2.44. The van der Waals surface area contributed by atoms with Gasteiger partial charge in [-0.15, -0.1) is 0 Å². The Bertz CT molecular complexity index is 367. The zero-order valence-corrected chi connectivity index (χ0v) is 11.9. The number of amides is 1. The molecular weight excluding hydrogens is 238 g/mol. The molecule has 0 fully saturated rings. The van der Waals surface area contributed by atoms with Crippen molar-refractivity contribution in [2.24, 2.45) is 5.73 Å². The number of nitrogens with zero attached hydrogens (tertiary/aromatic N) is 1. The summed E-state index contributed by atoms with van der Waals surface area (Å²) in [5.41, 5.74) is 6.93. The summed E-state index contributed by atoms with van der Waals surface area (Å²) < 4.78 is 0. The number of hydrogen-bond donors (Lipinski definition) is 2. The topological polar surface area (TPSA) is 58.4 Å². The summed E-state index contributed by atoms with van der Waals surface area (Å²) in [5.74, 6) is -0.0378. The molecule has 4 heteroatoms. The minimum atomic E-state index is -0.364. The Morgan fingerprint density at radius 2 is 2.05 bits per heavy atom. The fraction of sp³-hybridized carbons (Fsp3) is 0.533. The van der Waals surface area contributed by atoms with Gasteiger partial charge in [0.05, 0.1) is 6.04 Å². The number of benzene rings is 1. The lowest BCUT2D eigenvalue weighted by molar-refractivity contribution is -0.122. The first-order valence-electron chi connectivity index (χ1n) is 6.94. The fourth-order valence-corrected chi connectivity index (χ4v) is 1.91. The molecule has 1 rings (SSSR count). The molecule has 0 bridgehead atoms.